The molecule has 0 spiro atoms. The minimum atomic E-state index is -0.120. The Bertz CT molecular complexity index is 314. The van der Waals surface area contributed by atoms with Crippen LogP contribution in [0, 0.1) is 0 Å². The predicted octanol–water partition coefficient (Wildman–Crippen LogP) is -1.27. The van der Waals surface area contributed by atoms with E-state index in [0.29, 0.717) is 13.0 Å². The molecular formula is C13H19ClNO2-. The lowest BCUT2D eigenvalue weighted by Gasteiger charge is -2.09. The molecule has 0 unspecified atom stereocenters. The number of hydrogen-bond acceptors (Lipinski definition) is 3. The van der Waals surface area contributed by atoms with Gasteiger partial charge in [-0.25, -0.2) is 0 Å². The molecule has 17 heavy (non-hydrogen) atoms. The highest BCUT2D eigenvalue weighted by atomic mass is 35.5. The van der Waals surface area contributed by atoms with Crippen LogP contribution in [0.2, 0.25) is 0 Å². The summed E-state index contributed by atoms with van der Waals surface area (Å²) in [5.41, 5.74) is 1.17. The van der Waals surface area contributed by atoms with Crippen LogP contribution in [0.25, 0.3) is 0 Å². The normalized spacial score (nSPS) is 9.82. The van der Waals surface area contributed by atoms with Crippen LogP contribution in [0.5, 0.6) is 0 Å². The van der Waals surface area contributed by atoms with Gasteiger partial charge in [-0.05, 0) is 26.1 Å². The standard InChI is InChI=1S/C13H19NO2.ClH/c1-14(2)10-11-16-13(15)9-8-12-6-4-3-5-7-12;/h3-7H,8-11H2,1-2H3;1H/p-1. The molecule has 1 aromatic carbocycles. The van der Waals surface area contributed by atoms with Crippen LogP contribution in [0.1, 0.15) is 12.0 Å². The Morgan fingerprint density at radius 1 is 1.24 bits per heavy atom. The summed E-state index contributed by atoms with van der Waals surface area (Å²) < 4.78 is 5.09. The van der Waals surface area contributed by atoms with E-state index in [9.17, 15) is 4.79 Å². The fourth-order valence-electron chi connectivity index (χ4n) is 1.31. The zero-order valence-corrected chi connectivity index (χ0v) is 11.1. The molecule has 0 aromatic heterocycles. The maximum atomic E-state index is 11.4. The van der Waals surface area contributed by atoms with Gasteiger partial charge in [0.15, 0.2) is 0 Å². The van der Waals surface area contributed by atoms with Crippen molar-refractivity contribution in [3.8, 4) is 0 Å². The zero-order valence-electron chi connectivity index (χ0n) is 10.4. The molecule has 0 aliphatic carbocycles. The smallest absolute Gasteiger partial charge is 0.306 e. The van der Waals surface area contributed by atoms with E-state index in [1.54, 1.807) is 0 Å². The summed E-state index contributed by atoms with van der Waals surface area (Å²) in [6.07, 6.45) is 1.21. The number of hydrogen-bond donors (Lipinski definition) is 0. The number of esters is 1. The van der Waals surface area contributed by atoms with Crippen molar-refractivity contribution in [2.75, 3.05) is 27.2 Å². The van der Waals surface area contributed by atoms with E-state index in [0.717, 1.165) is 13.0 Å². The van der Waals surface area contributed by atoms with Crippen LogP contribution in [0.3, 0.4) is 0 Å². The van der Waals surface area contributed by atoms with Gasteiger partial charge in [-0.1, -0.05) is 30.3 Å². The number of carbonyl (C=O) groups excluding carboxylic acids is 1. The average molecular weight is 257 g/mol. The van der Waals surface area contributed by atoms with Gasteiger partial charge in [-0.2, -0.15) is 0 Å². The van der Waals surface area contributed by atoms with E-state index in [2.05, 4.69) is 0 Å². The van der Waals surface area contributed by atoms with Gasteiger partial charge in [0.1, 0.15) is 6.61 Å². The number of halogens is 1. The van der Waals surface area contributed by atoms with E-state index >= 15 is 0 Å². The lowest BCUT2D eigenvalue weighted by atomic mass is 10.1. The number of likely N-dealkylation sites (N-methyl/N-ethyl adjacent to an activating group) is 1. The van der Waals surface area contributed by atoms with Crippen molar-refractivity contribution in [3.63, 3.8) is 0 Å². The SMILES string of the molecule is CN(C)CCOC(=O)CCc1ccccc1.[Cl-]. The first-order chi connectivity index (χ1) is 7.68. The fourth-order valence-corrected chi connectivity index (χ4v) is 1.31. The Hall–Kier alpha value is -1.06. The second kappa shape index (κ2) is 9.02. The largest absolute Gasteiger partial charge is 1.00 e. The molecule has 0 aliphatic heterocycles. The second-order valence-corrected chi connectivity index (χ2v) is 4.01. The molecule has 0 atom stereocenters. The molecule has 0 fully saturated rings. The van der Waals surface area contributed by atoms with Crippen molar-refractivity contribution in [1.82, 2.24) is 4.90 Å². The maximum absolute atomic E-state index is 11.4. The van der Waals surface area contributed by atoms with Crippen molar-refractivity contribution in [1.29, 1.82) is 0 Å². The third-order valence-corrected chi connectivity index (χ3v) is 2.26. The molecule has 0 saturated heterocycles. The highest BCUT2D eigenvalue weighted by molar-refractivity contribution is 5.69. The number of ether oxygens (including phenoxy) is 1. The van der Waals surface area contributed by atoms with Crippen LogP contribution >= 0.6 is 0 Å². The number of carbonyl (C=O) groups is 1. The van der Waals surface area contributed by atoms with Gasteiger partial charge in [0, 0.05) is 13.0 Å². The van der Waals surface area contributed by atoms with Crippen molar-refractivity contribution in [2.24, 2.45) is 0 Å². The summed E-state index contributed by atoms with van der Waals surface area (Å²) in [6.45, 7) is 1.25. The van der Waals surface area contributed by atoms with E-state index in [1.807, 2.05) is 49.3 Å². The highest BCUT2D eigenvalue weighted by Gasteiger charge is 2.03. The summed E-state index contributed by atoms with van der Waals surface area (Å²) in [5.74, 6) is -0.120. The molecule has 0 radical (unpaired) electrons. The molecular weight excluding hydrogens is 238 g/mol. The number of rotatable bonds is 6. The van der Waals surface area contributed by atoms with Crippen molar-refractivity contribution >= 4 is 5.97 Å². The zero-order chi connectivity index (χ0) is 11.8. The van der Waals surface area contributed by atoms with Gasteiger partial charge >= 0.3 is 5.97 Å². The van der Waals surface area contributed by atoms with Crippen LogP contribution < -0.4 is 12.4 Å². The Morgan fingerprint density at radius 3 is 2.47 bits per heavy atom. The van der Waals surface area contributed by atoms with Gasteiger partial charge < -0.3 is 22.0 Å². The summed E-state index contributed by atoms with van der Waals surface area (Å²) in [6, 6.07) is 9.97. The molecule has 1 rings (SSSR count). The molecule has 0 saturated carbocycles. The van der Waals surface area contributed by atoms with E-state index in [-0.39, 0.29) is 18.4 Å². The van der Waals surface area contributed by atoms with E-state index < -0.39 is 0 Å². The van der Waals surface area contributed by atoms with Gasteiger partial charge in [0.25, 0.3) is 0 Å². The fraction of sp³-hybridized carbons (Fsp3) is 0.462. The predicted molar refractivity (Wildman–Crippen MR) is 64.3 cm³/mol. The van der Waals surface area contributed by atoms with Crippen LogP contribution in [0.4, 0.5) is 0 Å². The number of nitrogens with zero attached hydrogens (tertiary/aromatic N) is 1. The Kier molecular flexibility index (Phi) is 8.46. The lowest BCUT2D eigenvalue weighted by Crippen LogP contribution is -3.00. The Labute approximate surface area is 109 Å². The summed E-state index contributed by atoms with van der Waals surface area (Å²) in [7, 11) is 3.91. The minimum Gasteiger partial charge on any atom is -1.00 e. The van der Waals surface area contributed by atoms with Gasteiger partial charge in [0.05, 0.1) is 0 Å². The molecule has 0 aliphatic rings. The maximum Gasteiger partial charge on any atom is 0.306 e. The molecule has 0 bridgehead atoms. The first-order valence-electron chi connectivity index (χ1n) is 5.53. The molecule has 96 valence electrons. The summed E-state index contributed by atoms with van der Waals surface area (Å²) in [5, 5.41) is 0. The van der Waals surface area contributed by atoms with E-state index in [4.69, 9.17) is 4.74 Å². The molecule has 3 nitrogen and oxygen atoms in total. The van der Waals surface area contributed by atoms with Gasteiger partial charge in [0.2, 0.25) is 0 Å². The molecule has 0 amide bonds. The lowest BCUT2D eigenvalue weighted by molar-refractivity contribution is -0.143. The third kappa shape index (κ3) is 7.77. The third-order valence-electron chi connectivity index (χ3n) is 2.26. The monoisotopic (exact) mass is 256 g/mol. The van der Waals surface area contributed by atoms with Crippen molar-refractivity contribution in [2.45, 2.75) is 12.8 Å². The molecule has 0 N–H and O–H groups in total. The topological polar surface area (TPSA) is 29.5 Å². The highest BCUT2D eigenvalue weighted by Crippen LogP contribution is 2.03. The van der Waals surface area contributed by atoms with Crippen LogP contribution in [0.15, 0.2) is 30.3 Å². The summed E-state index contributed by atoms with van der Waals surface area (Å²) >= 11 is 0. The van der Waals surface area contributed by atoms with Gasteiger partial charge in [-0.15, -0.1) is 0 Å². The van der Waals surface area contributed by atoms with Crippen LogP contribution in [-0.2, 0) is 16.0 Å². The molecule has 1 aromatic rings. The number of aryl methyl sites for hydroxylation is 1. The first-order valence-corrected chi connectivity index (χ1v) is 5.53. The molecule has 0 heterocycles. The van der Waals surface area contributed by atoms with Crippen molar-refractivity contribution < 1.29 is 21.9 Å². The Balaban J connectivity index is 0.00000256. The minimum absolute atomic E-state index is 0. The number of benzene rings is 1. The van der Waals surface area contributed by atoms with Crippen molar-refractivity contribution in [3.05, 3.63) is 35.9 Å². The van der Waals surface area contributed by atoms with E-state index in [1.165, 1.54) is 5.56 Å². The quantitative estimate of drug-likeness (QED) is 0.595. The second-order valence-electron chi connectivity index (χ2n) is 4.01. The van der Waals surface area contributed by atoms with Gasteiger partial charge in [-0.3, -0.25) is 4.79 Å². The Morgan fingerprint density at radius 2 is 1.88 bits per heavy atom. The summed E-state index contributed by atoms with van der Waals surface area (Å²) in [4.78, 5) is 13.3. The van der Waals surface area contributed by atoms with Crippen LogP contribution in [-0.4, -0.2) is 38.1 Å². The first kappa shape index (κ1) is 15.9. The average Bonchev–Trinajstić information content (AvgIpc) is 2.27. The molecule has 4 heteroatoms.